The molecule has 0 radical (unpaired) electrons. The summed E-state index contributed by atoms with van der Waals surface area (Å²) >= 11 is 0. The number of amides is 1. The summed E-state index contributed by atoms with van der Waals surface area (Å²) in [6.45, 7) is 1.68. The number of halogens is 3. The molecule has 0 aromatic carbocycles. The molecule has 1 aromatic heterocycles. The number of carbonyl (C=O) groups is 1. The number of aromatic nitrogens is 2. The molecule has 1 atom stereocenters. The molecule has 2 saturated heterocycles. The van der Waals surface area contributed by atoms with Crippen molar-refractivity contribution in [2.24, 2.45) is 0 Å². The molecule has 2 fully saturated rings. The Morgan fingerprint density at radius 3 is 2.62 bits per heavy atom. The Bertz CT molecular complexity index is 582. The average Bonchev–Trinajstić information content (AvgIpc) is 3.09. The monoisotopic (exact) mass is 344 g/mol. The van der Waals surface area contributed by atoms with E-state index in [2.05, 4.69) is 15.3 Å². The highest BCUT2D eigenvalue weighted by molar-refractivity contribution is 5.81. The Labute approximate surface area is 137 Å². The number of hydrogen-bond acceptors (Lipinski definition) is 5. The second-order valence-electron chi connectivity index (χ2n) is 6.03. The van der Waals surface area contributed by atoms with Crippen LogP contribution < -0.4 is 10.2 Å². The summed E-state index contributed by atoms with van der Waals surface area (Å²) in [5.74, 6) is 0.175. The van der Waals surface area contributed by atoms with Gasteiger partial charge in [0.05, 0.1) is 0 Å². The third-order valence-electron chi connectivity index (χ3n) is 4.33. The van der Waals surface area contributed by atoms with Crippen LogP contribution in [0.4, 0.5) is 19.0 Å². The van der Waals surface area contributed by atoms with E-state index in [0.29, 0.717) is 32.5 Å². The zero-order valence-corrected chi connectivity index (χ0v) is 13.1. The molecule has 0 saturated carbocycles. The zero-order chi connectivity index (χ0) is 17.2. The maximum absolute atomic E-state index is 12.7. The Morgan fingerprint density at radius 1 is 1.25 bits per heavy atom. The fraction of sp³-hybridized carbons (Fsp3) is 0.667. The van der Waals surface area contributed by atoms with Gasteiger partial charge in [-0.2, -0.15) is 13.2 Å². The van der Waals surface area contributed by atoms with E-state index in [4.69, 9.17) is 4.74 Å². The van der Waals surface area contributed by atoms with Gasteiger partial charge in [0.15, 0.2) is 0 Å². The van der Waals surface area contributed by atoms with Crippen molar-refractivity contribution >= 4 is 11.7 Å². The largest absolute Gasteiger partial charge is 0.433 e. The highest BCUT2D eigenvalue weighted by atomic mass is 19.4. The number of nitrogens with one attached hydrogen (secondary N) is 1. The van der Waals surface area contributed by atoms with Gasteiger partial charge in [0.2, 0.25) is 5.91 Å². The Morgan fingerprint density at radius 2 is 2.00 bits per heavy atom. The number of carbonyl (C=O) groups excluding carboxylic acids is 1. The van der Waals surface area contributed by atoms with E-state index >= 15 is 0 Å². The molecule has 6 nitrogen and oxygen atoms in total. The van der Waals surface area contributed by atoms with Crippen molar-refractivity contribution in [3.63, 3.8) is 0 Å². The van der Waals surface area contributed by atoms with Crippen molar-refractivity contribution < 1.29 is 22.7 Å². The van der Waals surface area contributed by atoms with Crippen LogP contribution in [0.3, 0.4) is 0 Å². The quantitative estimate of drug-likeness (QED) is 0.905. The van der Waals surface area contributed by atoms with Gasteiger partial charge in [-0.1, -0.05) is 0 Å². The molecule has 2 aliphatic rings. The van der Waals surface area contributed by atoms with Crippen molar-refractivity contribution in [1.29, 1.82) is 0 Å². The van der Waals surface area contributed by atoms with Gasteiger partial charge in [-0.05, 0) is 25.7 Å². The lowest BCUT2D eigenvalue weighted by atomic mass is 10.0. The minimum atomic E-state index is -4.48. The van der Waals surface area contributed by atoms with Gasteiger partial charge >= 0.3 is 6.18 Å². The molecule has 1 N–H and O–H groups in total. The normalized spacial score (nSPS) is 22.6. The summed E-state index contributed by atoms with van der Waals surface area (Å²) in [7, 11) is 0. The van der Waals surface area contributed by atoms with Gasteiger partial charge in [0, 0.05) is 31.8 Å². The van der Waals surface area contributed by atoms with E-state index < -0.39 is 11.9 Å². The molecule has 9 heteroatoms. The number of ether oxygens (including phenoxy) is 1. The molecule has 0 spiro atoms. The van der Waals surface area contributed by atoms with Crippen molar-refractivity contribution in [2.45, 2.75) is 44.0 Å². The highest BCUT2D eigenvalue weighted by Gasteiger charge is 2.34. The van der Waals surface area contributed by atoms with Crippen molar-refractivity contribution in [3.05, 3.63) is 18.1 Å². The predicted octanol–water partition coefficient (Wildman–Crippen LogP) is 1.76. The average molecular weight is 344 g/mol. The second-order valence-corrected chi connectivity index (χ2v) is 6.03. The van der Waals surface area contributed by atoms with Gasteiger partial charge in [-0.3, -0.25) is 4.79 Å². The van der Waals surface area contributed by atoms with Crippen LogP contribution in [0, 0.1) is 0 Å². The van der Waals surface area contributed by atoms with Crippen LogP contribution in [0.5, 0.6) is 0 Å². The summed E-state index contributed by atoms with van der Waals surface area (Å²) in [6.07, 6.45) is -0.959. The molecule has 0 bridgehead atoms. The first-order valence-corrected chi connectivity index (χ1v) is 7.99. The third kappa shape index (κ3) is 3.95. The van der Waals surface area contributed by atoms with E-state index in [1.54, 1.807) is 4.90 Å². The predicted molar refractivity (Wildman–Crippen MR) is 79.4 cm³/mol. The second kappa shape index (κ2) is 6.92. The van der Waals surface area contributed by atoms with Crippen molar-refractivity contribution in [1.82, 2.24) is 15.3 Å². The minimum Gasteiger partial charge on any atom is -0.368 e. The van der Waals surface area contributed by atoms with Crippen LogP contribution >= 0.6 is 0 Å². The zero-order valence-electron chi connectivity index (χ0n) is 13.1. The molecule has 132 valence electrons. The fourth-order valence-corrected chi connectivity index (χ4v) is 3.01. The first-order valence-electron chi connectivity index (χ1n) is 7.99. The number of nitrogens with zero attached hydrogens (tertiary/aromatic N) is 3. The lowest BCUT2D eigenvalue weighted by Crippen LogP contribution is -2.47. The molecule has 0 aliphatic carbocycles. The Balaban J connectivity index is 1.54. The molecule has 0 unspecified atom stereocenters. The highest BCUT2D eigenvalue weighted by Crippen LogP contribution is 2.29. The van der Waals surface area contributed by atoms with E-state index in [1.807, 2.05) is 0 Å². The lowest BCUT2D eigenvalue weighted by molar-refractivity contribution is -0.141. The van der Waals surface area contributed by atoms with Crippen molar-refractivity contribution in [2.75, 3.05) is 24.6 Å². The molecule has 3 heterocycles. The number of rotatable bonds is 3. The van der Waals surface area contributed by atoms with Crippen LogP contribution in [-0.2, 0) is 15.7 Å². The SMILES string of the molecule is O=C(NC1CCN(c2cc(C(F)(F)F)ncn2)CC1)[C@@H]1CCCO1. The standard InChI is InChI=1S/C15H19F3N4O2/c16-15(17,18)12-8-13(20-9-19-12)22-5-3-10(4-6-22)21-14(23)11-2-1-7-24-11/h8-11H,1-7H2,(H,21,23)/t11-/m0/s1. The third-order valence-corrected chi connectivity index (χ3v) is 4.33. The summed E-state index contributed by atoms with van der Waals surface area (Å²) < 4.78 is 43.5. The molecule has 24 heavy (non-hydrogen) atoms. The number of anilines is 1. The number of piperidine rings is 1. The first kappa shape index (κ1) is 16.9. The van der Waals surface area contributed by atoms with E-state index in [0.717, 1.165) is 25.2 Å². The maximum Gasteiger partial charge on any atom is 0.433 e. The van der Waals surface area contributed by atoms with E-state index in [9.17, 15) is 18.0 Å². The van der Waals surface area contributed by atoms with Crippen molar-refractivity contribution in [3.8, 4) is 0 Å². The van der Waals surface area contributed by atoms with Crippen LogP contribution in [0.25, 0.3) is 0 Å². The fourth-order valence-electron chi connectivity index (χ4n) is 3.01. The summed E-state index contributed by atoms with van der Waals surface area (Å²) in [6, 6.07) is 0.979. The lowest BCUT2D eigenvalue weighted by Gasteiger charge is -2.33. The molecule has 1 amide bonds. The van der Waals surface area contributed by atoms with Crippen LogP contribution in [-0.4, -0.2) is 47.7 Å². The van der Waals surface area contributed by atoms with Crippen LogP contribution in [0.2, 0.25) is 0 Å². The van der Waals surface area contributed by atoms with E-state index in [-0.39, 0.29) is 23.9 Å². The summed E-state index contributed by atoms with van der Waals surface area (Å²) in [4.78, 5) is 21.0. The molecular formula is C15H19F3N4O2. The molecule has 2 aliphatic heterocycles. The van der Waals surface area contributed by atoms with Gasteiger partial charge in [-0.25, -0.2) is 9.97 Å². The molecule has 3 rings (SSSR count). The van der Waals surface area contributed by atoms with Gasteiger partial charge in [0.1, 0.15) is 23.9 Å². The number of hydrogen-bond donors (Lipinski definition) is 1. The minimum absolute atomic E-state index is 0.0156. The summed E-state index contributed by atoms with van der Waals surface area (Å²) in [5.41, 5.74) is -0.943. The molecular weight excluding hydrogens is 325 g/mol. The smallest absolute Gasteiger partial charge is 0.368 e. The van der Waals surface area contributed by atoms with Gasteiger partial charge < -0.3 is 15.0 Å². The first-order chi connectivity index (χ1) is 11.4. The number of alkyl halides is 3. The summed E-state index contributed by atoms with van der Waals surface area (Å²) in [5, 5.41) is 2.97. The van der Waals surface area contributed by atoms with E-state index in [1.165, 1.54) is 0 Å². The Kier molecular flexibility index (Phi) is 4.88. The van der Waals surface area contributed by atoms with Gasteiger partial charge in [0.25, 0.3) is 0 Å². The maximum atomic E-state index is 12.7. The van der Waals surface area contributed by atoms with Gasteiger partial charge in [-0.15, -0.1) is 0 Å². The van der Waals surface area contributed by atoms with Crippen LogP contribution in [0.15, 0.2) is 12.4 Å². The Hall–Kier alpha value is -1.90. The van der Waals surface area contributed by atoms with Crippen LogP contribution in [0.1, 0.15) is 31.4 Å². The molecule has 1 aromatic rings. The topological polar surface area (TPSA) is 67.4 Å².